The van der Waals surface area contributed by atoms with Gasteiger partial charge in [-0.25, -0.2) is 4.39 Å². The number of halogens is 1. The molecule has 0 aliphatic carbocycles. The van der Waals surface area contributed by atoms with Crippen LogP contribution in [0.25, 0.3) is 0 Å². The fourth-order valence-electron chi connectivity index (χ4n) is 1.67. The van der Waals surface area contributed by atoms with Gasteiger partial charge in [-0.3, -0.25) is 9.59 Å². The number of nitrogen functional groups attached to an aromatic ring is 1. The van der Waals surface area contributed by atoms with Crippen LogP contribution >= 0.6 is 0 Å². The van der Waals surface area contributed by atoms with Crippen LogP contribution in [0.5, 0.6) is 0 Å². The lowest BCUT2D eigenvalue weighted by Gasteiger charge is -2.20. The average molecular weight is 268 g/mol. The molecule has 0 radical (unpaired) electrons. The van der Waals surface area contributed by atoms with Gasteiger partial charge < -0.3 is 15.4 Å². The standard InChI is InChI=1S/C13H17FN2O3/c1-8(13(18)19-3)7-16(2)12(17)9-4-5-10(14)11(15)6-9/h4-6,8H,7,15H2,1-3H3. The van der Waals surface area contributed by atoms with Crippen LogP contribution in [0.4, 0.5) is 10.1 Å². The van der Waals surface area contributed by atoms with Gasteiger partial charge in [0, 0.05) is 19.2 Å². The molecule has 0 aromatic heterocycles. The highest BCUT2D eigenvalue weighted by molar-refractivity contribution is 5.95. The van der Waals surface area contributed by atoms with Crippen LogP contribution in [0.15, 0.2) is 18.2 Å². The molecule has 1 rings (SSSR count). The number of esters is 1. The summed E-state index contributed by atoms with van der Waals surface area (Å²) in [6.07, 6.45) is 0. The second kappa shape index (κ2) is 6.17. The Balaban J connectivity index is 2.76. The summed E-state index contributed by atoms with van der Waals surface area (Å²) in [5.74, 6) is -1.72. The Morgan fingerprint density at radius 3 is 2.63 bits per heavy atom. The Morgan fingerprint density at radius 2 is 2.11 bits per heavy atom. The lowest BCUT2D eigenvalue weighted by Crippen LogP contribution is -2.34. The first-order valence-electron chi connectivity index (χ1n) is 5.75. The van der Waals surface area contributed by atoms with Gasteiger partial charge in [-0.2, -0.15) is 0 Å². The van der Waals surface area contributed by atoms with Crippen LogP contribution < -0.4 is 5.73 Å². The van der Waals surface area contributed by atoms with E-state index >= 15 is 0 Å². The van der Waals surface area contributed by atoms with E-state index in [9.17, 15) is 14.0 Å². The predicted molar refractivity (Wildman–Crippen MR) is 69.0 cm³/mol. The monoisotopic (exact) mass is 268 g/mol. The van der Waals surface area contributed by atoms with Crippen molar-refractivity contribution in [2.45, 2.75) is 6.92 Å². The van der Waals surface area contributed by atoms with Crippen molar-refractivity contribution >= 4 is 17.6 Å². The van der Waals surface area contributed by atoms with Gasteiger partial charge >= 0.3 is 5.97 Å². The van der Waals surface area contributed by atoms with E-state index in [0.29, 0.717) is 0 Å². The molecule has 2 N–H and O–H groups in total. The second-order valence-electron chi connectivity index (χ2n) is 4.35. The maximum atomic E-state index is 13.0. The molecule has 1 aromatic carbocycles. The second-order valence-corrected chi connectivity index (χ2v) is 4.35. The number of carbonyl (C=O) groups is 2. The summed E-state index contributed by atoms with van der Waals surface area (Å²) in [5.41, 5.74) is 5.60. The molecule has 19 heavy (non-hydrogen) atoms. The number of ether oxygens (including phenoxy) is 1. The minimum atomic E-state index is -0.567. The zero-order chi connectivity index (χ0) is 14.6. The minimum absolute atomic E-state index is 0.0831. The molecule has 0 saturated heterocycles. The van der Waals surface area contributed by atoms with Gasteiger partial charge in [0.15, 0.2) is 0 Å². The summed E-state index contributed by atoms with van der Waals surface area (Å²) >= 11 is 0. The number of nitrogens with zero attached hydrogens (tertiary/aromatic N) is 1. The molecule has 0 aliphatic rings. The number of carbonyl (C=O) groups excluding carboxylic acids is 2. The van der Waals surface area contributed by atoms with Gasteiger partial charge in [-0.05, 0) is 18.2 Å². The molecular weight excluding hydrogens is 251 g/mol. The summed E-state index contributed by atoms with van der Waals surface area (Å²) in [5, 5.41) is 0. The lowest BCUT2D eigenvalue weighted by molar-refractivity contribution is -0.145. The largest absolute Gasteiger partial charge is 0.469 e. The third kappa shape index (κ3) is 3.67. The highest BCUT2D eigenvalue weighted by atomic mass is 19.1. The van der Waals surface area contributed by atoms with Crippen molar-refractivity contribution in [3.63, 3.8) is 0 Å². The molecule has 0 fully saturated rings. The van der Waals surface area contributed by atoms with Crippen LogP contribution in [0, 0.1) is 11.7 Å². The Morgan fingerprint density at radius 1 is 1.47 bits per heavy atom. The molecule has 1 aromatic rings. The number of methoxy groups -OCH3 is 1. The van der Waals surface area contributed by atoms with Crippen molar-refractivity contribution in [2.75, 3.05) is 26.4 Å². The predicted octanol–water partition coefficient (Wildman–Crippen LogP) is 1.29. The van der Waals surface area contributed by atoms with Gasteiger partial charge in [-0.15, -0.1) is 0 Å². The molecule has 1 amide bonds. The van der Waals surface area contributed by atoms with E-state index in [4.69, 9.17) is 5.73 Å². The third-order valence-electron chi connectivity index (χ3n) is 2.74. The Hall–Kier alpha value is -2.11. The number of benzene rings is 1. The van der Waals surface area contributed by atoms with Crippen molar-refractivity contribution in [3.8, 4) is 0 Å². The Labute approximate surface area is 111 Å². The first kappa shape index (κ1) is 14.9. The van der Waals surface area contributed by atoms with Gasteiger partial charge in [0.05, 0.1) is 18.7 Å². The fraction of sp³-hybridized carbons (Fsp3) is 0.385. The quantitative estimate of drug-likeness (QED) is 0.659. The van der Waals surface area contributed by atoms with Gasteiger partial charge in [0.25, 0.3) is 5.91 Å². The van der Waals surface area contributed by atoms with Crippen molar-refractivity contribution in [2.24, 2.45) is 5.92 Å². The molecule has 1 atom stereocenters. The number of amides is 1. The summed E-state index contributed by atoms with van der Waals surface area (Å²) in [6.45, 7) is 1.87. The first-order chi connectivity index (χ1) is 8.86. The van der Waals surface area contributed by atoms with Crippen LogP contribution in [0.2, 0.25) is 0 Å². The van der Waals surface area contributed by atoms with E-state index < -0.39 is 17.7 Å². The third-order valence-corrected chi connectivity index (χ3v) is 2.74. The molecule has 0 spiro atoms. The molecule has 5 nitrogen and oxygen atoms in total. The van der Waals surface area contributed by atoms with E-state index in [1.165, 1.54) is 24.1 Å². The summed E-state index contributed by atoms with van der Waals surface area (Å²) in [7, 11) is 2.85. The minimum Gasteiger partial charge on any atom is -0.469 e. The van der Waals surface area contributed by atoms with E-state index in [-0.39, 0.29) is 23.7 Å². The normalized spacial score (nSPS) is 11.8. The van der Waals surface area contributed by atoms with Crippen molar-refractivity contribution in [3.05, 3.63) is 29.6 Å². The fourth-order valence-corrected chi connectivity index (χ4v) is 1.67. The molecule has 6 heteroatoms. The molecule has 0 heterocycles. The van der Waals surface area contributed by atoms with Gasteiger partial charge in [0.1, 0.15) is 5.82 Å². The maximum Gasteiger partial charge on any atom is 0.310 e. The van der Waals surface area contributed by atoms with Crippen molar-refractivity contribution < 1.29 is 18.7 Å². The topological polar surface area (TPSA) is 72.6 Å². The molecule has 0 bridgehead atoms. The summed E-state index contributed by atoms with van der Waals surface area (Å²) < 4.78 is 17.6. The van der Waals surface area contributed by atoms with Gasteiger partial charge in [0.2, 0.25) is 0 Å². The van der Waals surface area contributed by atoms with E-state index in [0.717, 1.165) is 6.07 Å². The zero-order valence-corrected chi connectivity index (χ0v) is 11.1. The van der Waals surface area contributed by atoms with Crippen LogP contribution in [-0.2, 0) is 9.53 Å². The molecule has 104 valence electrons. The number of hydrogen-bond acceptors (Lipinski definition) is 4. The van der Waals surface area contributed by atoms with E-state index in [1.54, 1.807) is 14.0 Å². The lowest BCUT2D eigenvalue weighted by atomic mass is 10.1. The SMILES string of the molecule is COC(=O)C(C)CN(C)C(=O)c1ccc(F)c(N)c1. The van der Waals surface area contributed by atoms with Crippen molar-refractivity contribution in [1.29, 1.82) is 0 Å². The van der Waals surface area contributed by atoms with Crippen LogP contribution in [-0.4, -0.2) is 37.5 Å². The molecule has 0 saturated carbocycles. The first-order valence-corrected chi connectivity index (χ1v) is 5.75. The summed E-state index contributed by atoms with van der Waals surface area (Å²) in [6, 6.07) is 3.77. The van der Waals surface area contributed by atoms with Crippen molar-refractivity contribution in [1.82, 2.24) is 4.90 Å². The smallest absolute Gasteiger partial charge is 0.310 e. The van der Waals surface area contributed by atoms with Crippen LogP contribution in [0.3, 0.4) is 0 Å². The highest BCUT2D eigenvalue weighted by Gasteiger charge is 2.20. The van der Waals surface area contributed by atoms with Gasteiger partial charge in [-0.1, -0.05) is 6.92 Å². The molecule has 0 aliphatic heterocycles. The molecule has 1 unspecified atom stereocenters. The Kier molecular flexibility index (Phi) is 4.86. The zero-order valence-electron chi connectivity index (χ0n) is 11.1. The number of anilines is 1. The van der Waals surface area contributed by atoms with E-state index in [2.05, 4.69) is 4.74 Å². The maximum absolute atomic E-state index is 13.0. The highest BCUT2D eigenvalue weighted by Crippen LogP contribution is 2.14. The Bertz CT molecular complexity index is 491. The van der Waals surface area contributed by atoms with Crippen LogP contribution in [0.1, 0.15) is 17.3 Å². The number of nitrogens with two attached hydrogens (primary N) is 1. The number of rotatable bonds is 4. The summed E-state index contributed by atoms with van der Waals surface area (Å²) in [4.78, 5) is 24.7. The van der Waals surface area contributed by atoms with E-state index in [1.807, 2.05) is 0 Å². The number of hydrogen-bond donors (Lipinski definition) is 1. The molecular formula is C13H17FN2O3. The average Bonchev–Trinajstić information content (AvgIpc) is 2.39.